The average Bonchev–Trinajstić information content (AvgIpc) is 2.34. The predicted octanol–water partition coefficient (Wildman–Crippen LogP) is 4.07. The second-order valence-electron chi connectivity index (χ2n) is 3.92. The smallest absolute Gasteiger partial charge is 0.128 e. The van der Waals surface area contributed by atoms with Gasteiger partial charge in [-0.2, -0.15) is 0 Å². The van der Waals surface area contributed by atoms with Crippen molar-refractivity contribution in [1.29, 1.82) is 0 Å². The third kappa shape index (κ3) is 2.81. The standard InChI is InChI=1S/C14H12ClFO2/c1-9-6-11(4-5-14(9)16)18-12-3-2-10(8-17)13(15)7-12/h2-7,17H,8H2,1H3. The first-order valence-corrected chi connectivity index (χ1v) is 5.81. The molecule has 2 nitrogen and oxygen atoms in total. The van der Waals surface area contributed by atoms with Crippen LogP contribution in [-0.2, 0) is 6.61 Å². The normalized spacial score (nSPS) is 10.4. The molecule has 0 heterocycles. The number of aryl methyl sites for hydroxylation is 1. The van der Waals surface area contributed by atoms with Gasteiger partial charge in [-0.15, -0.1) is 0 Å². The Balaban J connectivity index is 2.23. The van der Waals surface area contributed by atoms with Crippen molar-refractivity contribution in [1.82, 2.24) is 0 Å². The topological polar surface area (TPSA) is 29.5 Å². The summed E-state index contributed by atoms with van der Waals surface area (Å²) in [4.78, 5) is 0. The lowest BCUT2D eigenvalue weighted by atomic mass is 10.2. The number of ether oxygens (including phenoxy) is 1. The van der Waals surface area contributed by atoms with Crippen LogP contribution in [0.2, 0.25) is 5.02 Å². The van der Waals surface area contributed by atoms with Crippen molar-refractivity contribution < 1.29 is 14.2 Å². The van der Waals surface area contributed by atoms with Crippen molar-refractivity contribution in [3.05, 3.63) is 58.4 Å². The molecule has 0 aliphatic carbocycles. The van der Waals surface area contributed by atoms with E-state index in [-0.39, 0.29) is 12.4 Å². The molecule has 2 aromatic carbocycles. The zero-order valence-corrected chi connectivity index (χ0v) is 10.5. The van der Waals surface area contributed by atoms with Gasteiger partial charge in [-0.1, -0.05) is 17.7 Å². The SMILES string of the molecule is Cc1cc(Oc2ccc(CO)c(Cl)c2)ccc1F. The Morgan fingerprint density at radius 1 is 1.17 bits per heavy atom. The zero-order valence-electron chi connectivity index (χ0n) is 9.78. The molecule has 0 fully saturated rings. The summed E-state index contributed by atoms with van der Waals surface area (Å²) in [6, 6.07) is 9.53. The van der Waals surface area contributed by atoms with Gasteiger partial charge in [0.25, 0.3) is 0 Å². The summed E-state index contributed by atoms with van der Waals surface area (Å²) in [5, 5.41) is 9.44. The number of rotatable bonds is 3. The average molecular weight is 267 g/mol. The second-order valence-corrected chi connectivity index (χ2v) is 4.33. The minimum absolute atomic E-state index is 0.116. The van der Waals surface area contributed by atoms with E-state index in [0.717, 1.165) is 0 Å². The van der Waals surface area contributed by atoms with Crippen LogP contribution in [0, 0.1) is 12.7 Å². The lowest BCUT2D eigenvalue weighted by molar-refractivity contribution is 0.282. The molecular formula is C14H12ClFO2. The quantitative estimate of drug-likeness (QED) is 0.907. The number of benzene rings is 2. The summed E-state index contributed by atoms with van der Waals surface area (Å²) in [6.07, 6.45) is 0. The zero-order chi connectivity index (χ0) is 13.1. The van der Waals surface area contributed by atoms with Crippen LogP contribution in [0.4, 0.5) is 4.39 Å². The van der Waals surface area contributed by atoms with Gasteiger partial charge in [0.05, 0.1) is 6.61 Å². The Bertz CT molecular complexity index is 570. The van der Waals surface area contributed by atoms with Crippen LogP contribution in [0.15, 0.2) is 36.4 Å². The highest BCUT2D eigenvalue weighted by atomic mass is 35.5. The first-order valence-electron chi connectivity index (χ1n) is 5.43. The van der Waals surface area contributed by atoms with Gasteiger partial charge >= 0.3 is 0 Å². The van der Waals surface area contributed by atoms with E-state index in [9.17, 15) is 4.39 Å². The molecule has 4 heteroatoms. The summed E-state index contributed by atoms with van der Waals surface area (Å²) in [5.41, 5.74) is 1.16. The molecule has 0 atom stereocenters. The van der Waals surface area contributed by atoms with Gasteiger partial charge in [-0.05, 0) is 48.4 Å². The molecule has 0 spiro atoms. The third-order valence-corrected chi connectivity index (χ3v) is 2.91. The van der Waals surface area contributed by atoms with E-state index < -0.39 is 0 Å². The molecule has 2 rings (SSSR count). The Kier molecular flexibility index (Phi) is 3.84. The fourth-order valence-corrected chi connectivity index (χ4v) is 1.77. The van der Waals surface area contributed by atoms with E-state index >= 15 is 0 Å². The van der Waals surface area contributed by atoms with E-state index in [2.05, 4.69) is 0 Å². The number of halogens is 2. The van der Waals surface area contributed by atoms with Gasteiger partial charge < -0.3 is 9.84 Å². The first kappa shape index (κ1) is 12.9. The number of hydrogen-bond acceptors (Lipinski definition) is 2. The molecule has 0 unspecified atom stereocenters. The molecule has 0 saturated carbocycles. The summed E-state index contributed by atoms with van der Waals surface area (Å²) < 4.78 is 18.7. The van der Waals surface area contributed by atoms with Gasteiger partial charge in [0.2, 0.25) is 0 Å². The van der Waals surface area contributed by atoms with E-state index in [0.29, 0.717) is 27.6 Å². The monoisotopic (exact) mass is 266 g/mol. The maximum atomic E-state index is 13.1. The Morgan fingerprint density at radius 2 is 1.83 bits per heavy atom. The minimum atomic E-state index is -0.268. The number of aliphatic hydroxyl groups excluding tert-OH is 1. The van der Waals surface area contributed by atoms with Crippen molar-refractivity contribution in [3.8, 4) is 11.5 Å². The minimum Gasteiger partial charge on any atom is -0.457 e. The number of aliphatic hydroxyl groups is 1. The van der Waals surface area contributed by atoms with Gasteiger partial charge in [-0.25, -0.2) is 4.39 Å². The molecule has 0 amide bonds. The molecule has 0 aromatic heterocycles. The van der Waals surface area contributed by atoms with Crippen molar-refractivity contribution in [2.24, 2.45) is 0 Å². The maximum Gasteiger partial charge on any atom is 0.128 e. The maximum absolute atomic E-state index is 13.1. The van der Waals surface area contributed by atoms with Crippen molar-refractivity contribution in [2.75, 3.05) is 0 Å². The first-order chi connectivity index (χ1) is 8.60. The Hall–Kier alpha value is -1.58. The van der Waals surface area contributed by atoms with Gasteiger partial charge in [0.15, 0.2) is 0 Å². The molecule has 18 heavy (non-hydrogen) atoms. The highest BCUT2D eigenvalue weighted by Crippen LogP contribution is 2.27. The van der Waals surface area contributed by atoms with Crippen molar-refractivity contribution >= 4 is 11.6 Å². The molecule has 0 radical (unpaired) electrons. The van der Waals surface area contributed by atoms with Crippen LogP contribution >= 0.6 is 11.6 Å². The van der Waals surface area contributed by atoms with Crippen LogP contribution in [0.5, 0.6) is 11.5 Å². The largest absolute Gasteiger partial charge is 0.457 e. The van der Waals surface area contributed by atoms with E-state index in [1.54, 1.807) is 37.3 Å². The highest BCUT2D eigenvalue weighted by Gasteiger charge is 2.04. The molecule has 0 bridgehead atoms. The molecule has 2 aromatic rings. The van der Waals surface area contributed by atoms with E-state index in [4.69, 9.17) is 21.4 Å². The fourth-order valence-electron chi connectivity index (χ4n) is 1.54. The van der Waals surface area contributed by atoms with E-state index in [1.165, 1.54) is 6.07 Å². The second kappa shape index (κ2) is 5.38. The van der Waals surface area contributed by atoms with E-state index in [1.807, 2.05) is 0 Å². The summed E-state index contributed by atoms with van der Waals surface area (Å²) in [5.74, 6) is 0.820. The summed E-state index contributed by atoms with van der Waals surface area (Å²) in [6.45, 7) is 1.55. The molecule has 0 aliphatic heterocycles. The fraction of sp³-hybridized carbons (Fsp3) is 0.143. The molecular weight excluding hydrogens is 255 g/mol. The summed E-state index contributed by atoms with van der Waals surface area (Å²) in [7, 11) is 0. The van der Waals surface area contributed by atoms with Crippen LogP contribution in [0.1, 0.15) is 11.1 Å². The van der Waals surface area contributed by atoms with Gasteiger partial charge in [0.1, 0.15) is 17.3 Å². The lowest BCUT2D eigenvalue weighted by Crippen LogP contribution is -1.89. The Labute approximate surface area is 110 Å². The third-order valence-electron chi connectivity index (χ3n) is 2.56. The molecule has 94 valence electrons. The van der Waals surface area contributed by atoms with Crippen molar-refractivity contribution in [3.63, 3.8) is 0 Å². The van der Waals surface area contributed by atoms with Gasteiger partial charge in [0, 0.05) is 5.02 Å². The molecule has 1 N–H and O–H groups in total. The molecule has 0 aliphatic rings. The van der Waals surface area contributed by atoms with Crippen LogP contribution in [-0.4, -0.2) is 5.11 Å². The summed E-state index contributed by atoms with van der Waals surface area (Å²) >= 11 is 5.95. The van der Waals surface area contributed by atoms with Crippen LogP contribution < -0.4 is 4.74 Å². The predicted molar refractivity (Wildman–Crippen MR) is 68.6 cm³/mol. The van der Waals surface area contributed by atoms with Crippen molar-refractivity contribution in [2.45, 2.75) is 13.5 Å². The lowest BCUT2D eigenvalue weighted by Gasteiger charge is -2.08. The Morgan fingerprint density at radius 3 is 2.44 bits per heavy atom. The van der Waals surface area contributed by atoms with Crippen LogP contribution in [0.25, 0.3) is 0 Å². The van der Waals surface area contributed by atoms with Gasteiger partial charge in [-0.3, -0.25) is 0 Å². The number of hydrogen-bond donors (Lipinski definition) is 1. The van der Waals surface area contributed by atoms with Crippen LogP contribution in [0.3, 0.4) is 0 Å². The molecule has 0 saturated heterocycles. The highest BCUT2D eigenvalue weighted by molar-refractivity contribution is 6.31.